The van der Waals surface area contributed by atoms with E-state index in [0.717, 1.165) is 29.8 Å². The summed E-state index contributed by atoms with van der Waals surface area (Å²) in [5.74, 6) is 0.170. The van der Waals surface area contributed by atoms with Crippen LogP contribution in [-0.4, -0.2) is 42.8 Å². The Morgan fingerprint density at radius 3 is 2.32 bits per heavy atom. The molecule has 0 aliphatic carbocycles. The van der Waals surface area contributed by atoms with E-state index in [4.69, 9.17) is 9.26 Å². The zero-order valence-electron chi connectivity index (χ0n) is 18.2. The maximum Gasteiger partial charge on any atom is 0.249 e. The average molecular weight is 426 g/mol. The monoisotopic (exact) mass is 425 g/mol. The molecule has 0 spiro atoms. The predicted molar refractivity (Wildman–Crippen MR) is 118 cm³/mol. The van der Waals surface area contributed by atoms with Gasteiger partial charge >= 0.3 is 0 Å². The van der Waals surface area contributed by atoms with Crippen molar-refractivity contribution in [1.82, 2.24) is 10.1 Å². The van der Waals surface area contributed by atoms with E-state index in [1.165, 1.54) is 19.2 Å². The predicted octanol–water partition coefficient (Wildman–Crippen LogP) is 4.50. The molecule has 0 aliphatic heterocycles. The highest BCUT2D eigenvalue weighted by Gasteiger charge is 2.25. The van der Waals surface area contributed by atoms with Gasteiger partial charge in [-0.15, -0.1) is 0 Å². The second-order valence-electron chi connectivity index (χ2n) is 7.16. The zero-order chi connectivity index (χ0) is 22.2. The largest absolute Gasteiger partial charge is 0.375 e. The summed E-state index contributed by atoms with van der Waals surface area (Å²) in [4.78, 5) is 16.6. The Kier molecular flexibility index (Phi) is 7.78. The molecule has 1 heterocycles. The molecule has 7 heteroatoms. The molecular weight excluding hydrogens is 397 g/mol. The molecule has 164 valence electrons. The van der Waals surface area contributed by atoms with Crippen LogP contribution in [0.3, 0.4) is 0 Å². The summed E-state index contributed by atoms with van der Waals surface area (Å²) < 4.78 is 24.2. The second-order valence-corrected chi connectivity index (χ2v) is 7.16. The number of carbonyl (C=O) groups is 1. The summed E-state index contributed by atoms with van der Waals surface area (Å²) in [7, 11) is 1.49. The Balaban J connectivity index is 2.00. The summed E-state index contributed by atoms with van der Waals surface area (Å²) in [5.41, 5.74) is 3.28. The number of carbonyl (C=O) groups excluding carboxylic acids is 1. The van der Waals surface area contributed by atoms with Gasteiger partial charge in [0, 0.05) is 32.3 Å². The summed E-state index contributed by atoms with van der Waals surface area (Å²) >= 11 is 0. The van der Waals surface area contributed by atoms with E-state index in [1.807, 2.05) is 44.2 Å². The Morgan fingerprint density at radius 2 is 1.71 bits per heavy atom. The number of aromatic nitrogens is 1. The van der Waals surface area contributed by atoms with Gasteiger partial charge in [-0.05, 0) is 31.5 Å². The van der Waals surface area contributed by atoms with E-state index >= 15 is 0 Å². The van der Waals surface area contributed by atoms with E-state index in [1.54, 1.807) is 17.0 Å². The van der Waals surface area contributed by atoms with Crippen molar-refractivity contribution < 1.29 is 18.4 Å². The van der Waals surface area contributed by atoms with Crippen molar-refractivity contribution in [3.05, 3.63) is 71.5 Å². The molecule has 1 amide bonds. The maximum atomic E-state index is 13.3. The number of halogens is 1. The lowest BCUT2D eigenvalue weighted by Crippen LogP contribution is -2.33. The molecule has 0 saturated carbocycles. The highest BCUT2D eigenvalue weighted by Crippen LogP contribution is 2.32. The molecular formula is C24H28FN3O3. The summed E-state index contributed by atoms with van der Waals surface area (Å²) in [6, 6.07) is 15.9. The first-order chi connectivity index (χ1) is 15.1. The molecule has 0 N–H and O–H groups in total. The first kappa shape index (κ1) is 22.5. The number of ether oxygens (including phenoxy) is 1. The lowest BCUT2D eigenvalue weighted by molar-refractivity contribution is -0.136. The van der Waals surface area contributed by atoms with Gasteiger partial charge in [0.05, 0.1) is 12.1 Å². The van der Waals surface area contributed by atoms with Crippen molar-refractivity contribution >= 4 is 11.8 Å². The number of hydrogen-bond donors (Lipinski definition) is 0. The Bertz CT molecular complexity index is 969. The summed E-state index contributed by atoms with van der Waals surface area (Å²) in [6.45, 7) is 6.15. The molecule has 31 heavy (non-hydrogen) atoms. The van der Waals surface area contributed by atoms with Crippen LogP contribution in [0.25, 0.3) is 11.3 Å². The van der Waals surface area contributed by atoms with Crippen LogP contribution in [0, 0.1) is 5.82 Å². The van der Waals surface area contributed by atoms with E-state index in [-0.39, 0.29) is 18.3 Å². The molecule has 3 aromatic rings. The number of hydrogen-bond acceptors (Lipinski definition) is 5. The fourth-order valence-corrected chi connectivity index (χ4v) is 3.47. The summed E-state index contributed by atoms with van der Waals surface area (Å²) in [5, 5.41) is 4.34. The van der Waals surface area contributed by atoms with Crippen molar-refractivity contribution in [2.24, 2.45) is 0 Å². The van der Waals surface area contributed by atoms with Gasteiger partial charge in [-0.25, -0.2) is 4.39 Å². The van der Waals surface area contributed by atoms with E-state index in [2.05, 4.69) is 10.1 Å². The molecule has 0 fully saturated rings. The quantitative estimate of drug-likeness (QED) is 0.479. The SMILES string of the molecule is CCN(CC)c1onc(-c2ccccc2)c1CN(Cc1ccc(F)cc1)C(=O)COC. The van der Waals surface area contributed by atoms with Crippen LogP contribution in [0.2, 0.25) is 0 Å². The topological polar surface area (TPSA) is 58.8 Å². The maximum absolute atomic E-state index is 13.3. The lowest BCUT2D eigenvalue weighted by atomic mass is 10.1. The van der Waals surface area contributed by atoms with Crippen LogP contribution in [0.1, 0.15) is 25.0 Å². The fraction of sp³-hybridized carbons (Fsp3) is 0.333. The molecule has 2 aromatic carbocycles. The molecule has 0 unspecified atom stereocenters. The normalized spacial score (nSPS) is 10.8. The lowest BCUT2D eigenvalue weighted by Gasteiger charge is -2.25. The number of anilines is 1. The van der Waals surface area contributed by atoms with Crippen LogP contribution >= 0.6 is 0 Å². The third kappa shape index (κ3) is 5.49. The molecule has 0 radical (unpaired) electrons. The van der Waals surface area contributed by atoms with Gasteiger partial charge in [-0.3, -0.25) is 4.79 Å². The Hall–Kier alpha value is -3.19. The molecule has 6 nitrogen and oxygen atoms in total. The van der Waals surface area contributed by atoms with Crippen LogP contribution in [0.4, 0.5) is 10.3 Å². The number of methoxy groups -OCH3 is 1. The first-order valence-corrected chi connectivity index (χ1v) is 10.4. The number of nitrogens with zero attached hydrogens (tertiary/aromatic N) is 3. The third-order valence-corrected chi connectivity index (χ3v) is 5.12. The van der Waals surface area contributed by atoms with E-state index in [9.17, 15) is 9.18 Å². The Labute approximate surface area is 182 Å². The van der Waals surface area contributed by atoms with Crippen molar-refractivity contribution in [2.45, 2.75) is 26.9 Å². The van der Waals surface area contributed by atoms with Gasteiger partial charge in [-0.2, -0.15) is 0 Å². The Morgan fingerprint density at radius 1 is 1.03 bits per heavy atom. The van der Waals surface area contributed by atoms with E-state index < -0.39 is 0 Å². The fourth-order valence-electron chi connectivity index (χ4n) is 3.47. The van der Waals surface area contributed by atoms with E-state index in [0.29, 0.717) is 24.7 Å². The summed E-state index contributed by atoms with van der Waals surface area (Å²) in [6.07, 6.45) is 0. The minimum absolute atomic E-state index is 0.0479. The smallest absolute Gasteiger partial charge is 0.249 e. The van der Waals surface area contributed by atoms with Gasteiger partial charge in [0.2, 0.25) is 11.8 Å². The number of rotatable bonds is 10. The van der Waals surface area contributed by atoms with Gasteiger partial charge in [0.1, 0.15) is 18.1 Å². The highest BCUT2D eigenvalue weighted by molar-refractivity contribution is 5.78. The third-order valence-electron chi connectivity index (χ3n) is 5.12. The van der Waals surface area contributed by atoms with Crippen LogP contribution in [0.15, 0.2) is 59.1 Å². The van der Waals surface area contributed by atoms with Crippen LogP contribution < -0.4 is 4.90 Å². The van der Waals surface area contributed by atoms with Crippen molar-refractivity contribution in [3.63, 3.8) is 0 Å². The number of benzene rings is 2. The van der Waals surface area contributed by atoms with Crippen molar-refractivity contribution in [2.75, 3.05) is 31.7 Å². The number of amides is 1. The van der Waals surface area contributed by atoms with Crippen molar-refractivity contribution in [1.29, 1.82) is 0 Å². The minimum atomic E-state index is -0.312. The van der Waals surface area contributed by atoms with Gasteiger partial charge in [-0.1, -0.05) is 47.6 Å². The molecule has 3 rings (SSSR count). The van der Waals surface area contributed by atoms with Crippen molar-refractivity contribution in [3.8, 4) is 11.3 Å². The van der Waals surface area contributed by atoms with Gasteiger partial charge in [0.25, 0.3) is 0 Å². The minimum Gasteiger partial charge on any atom is -0.375 e. The van der Waals surface area contributed by atoms with Crippen LogP contribution in [-0.2, 0) is 22.6 Å². The van der Waals surface area contributed by atoms with Crippen LogP contribution in [0.5, 0.6) is 0 Å². The average Bonchev–Trinajstić information content (AvgIpc) is 3.20. The highest BCUT2D eigenvalue weighted by atomic mass is 19.1. The molecule has 0 saturated heterocycles. The molecule has 1 aromatic heterocycles. The first-order valence-electron chi connectivity index (χ1n) is 10.4. The van der Waals surface area contributed by atoms with Gasteiger partial charge < -0.3 is 19.1 Å². The standard InChI is InChI=1S/C24H28FN3O3/c1-4-27(5-2)24-21(23(26-31-24)19-9-7-6-8-10-19)16-28(22(29)17-30-3)15-18-11-13-20(25)14-12-18/h6-14H,4-5,15-17H2,1-3H3. The zero-order valence-corrected chi connectivity index (χ0v) is 18.2. The molecule has 0 atom stereocenters. The molecule has 0 bridgehead atoms. The second kappa shape index (κ2) is 10.7. The van der Waals surface area contributed by atoms with Gasteiger partial charge in [0.15, 0.2) is 0 Å². The molecule has 0 aliphatic rings.